The van der Waals surface area contributed by atoms with E-state index in [-0.39, 0.29) is 29.0 Å². The summed E-state index contributed by atoms with van der Waals surface area (Å²) in [5.74, 6) is -0.969. The van der Waals surface area contributed by atoms with Crippen LogP contribution >= 0.6 is 0 Å². The quantitative estimate of drug-likeness (QED) is 0.566. The zero-order valence-electron chi connectivity index (χ0n) is 15.2. The van der Waals surface area contributed by atoms with Gasteiger partial charge in [-0.1, -0.05) is 25.5 Å². The van der Waals surface area contributed by atoms with Crippen molar-refractivity contribution in [2.75, 3.05) is 30.4 Å². The number of hydrogen-bond acceptors (Lipinski definition) is 6. The van der Waals surface area contributed by atoms with E-state index in [1.165, 1.54) is 0 Å². The molecule has 1 atom stereocenters. The van der Waals surface area contributed by atoms with Crippen LogP contribution in [0.4, 0.5) is 5.69 Å². The Morgan fingerprint density at radius 2 is 2.08 bits per heavy atom. The van der Waals surface area contributed by atoms with Gasteiger partial charge >= 0.3 is 5.97 Å². The van der Waals surface area contributed by atoms with E-state index in [2.05, 4.69) is 0 Å². The summed E-state index contributed by atoms with van der Waals surface area (Å²) in [6.45, 7) is 3.81. The van der Waals surface area contributed by atoms with Crippen LogP contribution in [-0.2, 0) is 19.4 Å². The molecule has 1 heterocycles. The molecule has 0 spiro atoms. The minimum Gasteiger partial charge on any atom is -0.452 e. The first-order chi connectivity index (χ1) is 12.2. The van der Waals surface area contributed by atoms with E-state index in [0.717, 1.165) is 18.4 Å². The minimum absolute atomic E-state index is 0.0266. The van der Waals surface area contributed by atoms with Crippen LogP contribution in [0.2, 0.25) is 0 Å². The van der Waals surface area contributed by atoms with Crippen molar-refractivity contribution in [3.05, 3.63) is 29.3 Å². The zero-order valence-corrected chi connectivity index (χ0v) is 16.0. The number of aryl methyl sites for hydroxylation is 1. The molecule has 0 aliphatic carbocycles. The van der Waals surface area contributed by atoms with Gasteiger partial charge in [-0.05, 0) is 31.4 Å². The Balaban J connectivity index is 2.02. The molecule has 0 radical (unpaired) electrons. The maximum Gasteiger partial charge on any atom is 0.340 e. The highest BCUT2D eigenvalue weighted by atomic mass is 32.2. The molecule has 2 rings (SSSR count). The van der Waals surface area contributed by atoms with Crippen molar-refractivity contribution in [3.8, 4) is 0 Å². The van der Waals surface area contributed by atoms with E-state index in [1.54, 1.807) is 30.0 Å². The molecule has 144 valence electrons. The van der Waals surface area contributed by atoms with Crippen LogP contribution < -0.4 is 5.73 Å². The monoisotopic (exact) mass is 382 g/mol. The van der Waals surface area contributed by atoms with Crippen LogP contribution in [0, 0.1) is 6.92 Å². The second kappa shape index (κ2) is 8.53. The van der Waals surface area contributed by atoms with E-state index in [9.17, 15) is 18.0 Å². The number of carbonyl (C=O) groups is 2. The second-order valence-corrected chi connectivity index (χ2v) is 8.84. The lowest BCUT2D eigenvalue weighted by molar-refractivity contribution is -0.136. The lowest BCUT2D eigenvalue weighted by atomic mass is 10.1. The van der Waals surface area contributed by atoms with Gasteiger partial charge in [0.15, 0.2) is 16.4 Å². The predicted octanol–water partition coefficient (Wildman–Crippen LogP) is 1.55. The van der Waals surface area contributed by atoms with Crippen LogP contribution in [0.5, 0.6) is 0 Å². The summed E-state index contributed by atoms with van der Waals surface area (Å²) in [6, 6.07) is 4.68. The summed E-state index contributed by atoms with van der Waals surface area (Å²) >= 11 is 0. The zero-order chi connectivity index (χ0) is 19.3. The first kappa shape index (κ1) is 20.2. The van der Waals surface area contributed by atoms with Gasteiger partial charge < -0.3 is 15.4 Å². The molecule has 7 nitrogen and oxygen atoms in total. The molecule has 1 aromatic carbocycles. The SMILES string of the molecule is CCCCN(C(=O)COC(=O)c1cccc(C)c1N)C1CCS(=O)(=O)C1. The Morgan fingerprint density at radius 1 is 1.35 bits per heavy atom. The van der Waals surface area contributed by atoms with Gasteiger partial charge in [-0.2, -0.15) is 0 Å². The van der Waals surface area contributed by atoms with Crippen molar-refractivity contribution >= 4 is 27.4 Å². The van der Waals surface area contributed by atoms with E-state index in [1.807, 2.05) is 6.92 Å². The van der Waals surface area contributed by atoms with Crippen molar-refractivity contribution in [2.45, 2.75) is 39.2 Å². The van der Waals surface area contributed by atoms with Crippen molar-refractivity contribution < 1.29 is 22.7 Å². The van der Waals surface area contributed by atoms with E-state index >= 15 is 0 Å². The molecule has 0 bridgehead atoms. The molecular formula is C18H26N2O5S. The molecule has 1 saturated heterocycles. The molecule has 1 fully saturated rings. The number of carbonyl (C=O) groups excluding carboxylic acids is 2. The number of rotatable bonds is 7. The number of ether oxygens (including phenoxy) is 1. The molecule has 0 saturated carbocycles. The number of para-hydroxylation sites is 1. The average molecular weight is 382 g/mol. The summed E-state index contributed by atoms with van der Waals surface area (Å²) < 4.78 is 28.6. The number of nitrogens with two attached hydrogens (primary N) is 1. The first-order valence-electron chi connectivity index (χ1n) is 8.77. The molecule has 26 heavy (non-hydrogen) atoms. The number of nitrogen functional groups attached to an aromatic ring is 1. The third-order valence-corrected chi connectivity index (χ3v) is 6.34. The van der Waals surface area contributed by atoms with E-state index in [0.29, 0.717) is 18.7 Å². The van der Waals surface area contributed by atoms with Gasteiger partial charge in [-0.3, -0.25) is 4.79 Å². The largest absolute Gasteiger partial charge is 0.452 e. The fourth-order valence-corrected chi connectivity index (χ4v) is 4.74. The third kappa shape index (κ3) is 4.97. The Kier molecular flexibility index (Phi) is 6.63. The highest BCUT2D eigenvalue weighted by Crippen LogP contribution is 2.20. The van der Waals surface area contributed by atoms with Gasteiger partial charge in [0.2, 0.25) is 0 Å². The maximum atomic E-state index is 12.6. The smallest absolute Gasteiger partial charge is 0.340 e. The standard InChI is InChI=1S/C18H26N2O5S/c1-3-4-9-20(14-8-10-26(23,24)12-14)16(21)11-25-18(22)15-7-5-6-13(2)17(15)19/h5-7,14H,3-4,8-12,19H2,1-2H3. The summed E-state index contributed by atoms with van der Waals surface area (Å²) in [5.41, 5.74) is 7.19. The molecule has 1 aliphatic heterocycles. The number of benzene rings is 1. The van der Waals surface area contributed by atoms with Crippen LogP contribution in [-0.4, -0.2) is 55.9 Å². The Bertz CT molecular complexity index is 776. The van der Waals surface area contributed by atoms with Gasteiger partial charge in [0.25, 0.3) is 5.91 Å². The summed E-state index contributed by atoms with van der Waals surface area (Å²) in [4.78, 5) is 26.3. The number of esters is 1. The van der Waals surface area contributed by atoms with Gasteiger partial charge in [0, 0.05) is 18.3 Å². The number of sulfone groups is 1. The molecule has 0 aromatic heterocycles. The number of hydrogen-bond donors (Lipinski definition) is 1. The second-order valence-electron chi connectivity index (χ2n) is 6.61. The Morgan fingerprint density at radius 3 is 2.69 bits per heavy atom. The van der Waals surface area contributed by atoms with E-state index in [4.69, 9.17) is 10.5 Å². The van der Waals surface area contributed by atoms with Crippen LogP contribution in [0.1, 0.15) is 42.1 Å². The normalized spacial score (nSPS) is 18.5. The predicted molar refractivity (Wildman–Crippen MR) is 99.6 cm³/mol. The topological polar surface area (TPSA) is 107 Å². The van der Waals surface area contributed by atoms with Crippen molar-refractivity contribution in [1.29, 1.82) is 0 Å². The van der Waals surface area contributed by atoms with Crippen LogP contribution in [0.25, 0.3) is 0 Å². The highest BCUT2D eigenvalue weighted by Gasteiger charge is 2.34. The van der Waals surface area contributed by atoms with Gasteiger partial charge in [0.1, 0.15) is 0 Å². The first-order valence-corrected chi connectivity index (χ1v) is 10.6. The number of amides is 1. The van der Waals surface area contributed by atoms with Gasteiger partial charge in [-0.15, -0.1) is 0 Å². The minimum atomic E-state index is -3.10. The van der Waals surface area contributed by atoms with E-state index < -0.39 is 22.4 Å². The highest BCUT2D eigenvalue weighted by molar-refractivity contribution is 7.91. The third-order valence-electron chi connectivity index (χ3n) is 4.59. The Labute approximate surface area is 154 Å². The fraction of sp³-hybridized carbons (Fsp3) is 0.556. The maximum absolute atomic E-state index is 12.6. The summed E-state index contributed by atoms with van der Waals surface area (Å²) in [5, 5.41) is 0. The van der Waals surface area contributed by atoms with Crippen LogP contribution in [0.15, 0.2) is 18.2 Å². The van der Waals surface area contributed by atoms with Crippen LogP contribution in [0.3, 0.4) is 0 Å². The number of unbranched alkanes of at least 4 members (excludes halogenated alkanes) is 1. The van der Waals surface area contributed by atoms with Crippen molar-refractivity contribution in [1.82, 2.24) is 4.90 Å². The molecule has 2 N–H and O–H groups in total. The van der Waals surface area contributed by atoms with Crippen molar-refractivity contribution in [3.63, 3.8) is 0 Å². The lowest BCUT2D eigenvalue weighted by Gasteiger charge is -2.28. The van der Waals surface area contributed by atoms with Gasteiger partial charge in [-0.25, -0.2) is 13.2 Å². The molecule has 1 aromatic rings. The number of nitrogens with zero attached hydrogens (tertiary/aromatic N) is 1. The van der Waals surface area contributed by atoms with Crippen molar-refractivity contribution in [2.24, 2.45) is 0 Å². The molecule has 8 heteroatoms. The molecule has 1 amide bonds. The average Bonchev–Trinajstić information content (AvgIpc) is 2.95. The molecule has 1 aliphatic rings. The lowest BCUT2D eigenvalue weighted by Crippen LogP contribution is -2.43. The Hall–Kier alpha value is -2.09. The summed E-state index contributed by atoms with van der Waals surface area (Å²) in [7, 11) is -3.10. The van der Waals surface area contributed by atoms with Gasteiger partial charge in [0.05, 0.1) is 17.1 Å². The summed E-state index contributed by atoms with van der Waals surface area (Å²) in [6.07, 6.45) is 2.07. The molecule has 1 unspecified atom stereocenters. The fourth-order valence-electron chi connectivity index (χ4n) is 3.01. The number of anilines is 1. The molecular weight excluding hydrogens is 356 g/mol.